The van der Waals surface area contributed by atoms with Gasteiger partial charge < -0.3 is 10.2 Å². The summed E-state index contributed by atoms with van der Waals surface area (Å²) in [6.45, 7) is 3.14. The summed E-state index contributed by atoms with van der Waals surface area (Å²) < 4.78 is 0. The minimum Gasteiger partial charge on any atom is -0.372 e. The highest BCUT2D eigenvalue weighted by Gasteiger charge is 2.11. The molecule has 3 aromatic rings. The van der Waals surface area contributed by atoms with E-state index in [1.165, 1.54) is 37.2 Å². The number of benzene rings is 2. The summed E-state index contributed by atoms with van der Waals surface area (Å²) in [7, 11) is 0. The van der Waals surface area contributed by atoms with Crippen molar-refractivity contribution in [1.29, 1.82) is 0 Å². The number of nitrogens with one attached hydrogen (secondary N) is 1. The maximum absolute atomic E-state index is 4.37. The van der Waals surface area contributed by atoms with Crippen LogP contribution in [0.15, 0.2) is 54.9 Å². The molecule has 0 saturated carbocycles. The number of hydrogen-bond donors (Lipinski definition) is 1. The number of nitrogens with zero attached hydrogens (tertiary/aromatic N) is 3. The number of fused-ring (bicyclic) bond motifs is 1. The second kappa shape index (κ2) is 6.24. The molecule has 0 unspecified atom stereocenters. The van der Waals surface area contributed by atoms with Gasteiger partial charge in [-0.25, -0.2) is 9.97 Å². The van der Waals surface area contributed by atoms with Crippen molar-refractivity contribution in [3.63, 3.8) is 0 Å². The van der Waals surface area contributed by atoms with Crippen LogP contribution in [-0.4, -0.2) is 23.1 Å². The van der Waals surface area contributed by atoms with E-state index in [0.717, 1.165) is 23.3 Å². The zero-order valence-electron chi connectivity index (χ0n) is 13.1. The summed E-state index contributed by atoms with van der Waals surface area (Å²) in [6, 6.07) is 16.9. The highest BCUT2D eigenvalue weighted by atomic mass is 15.1. The van der Waals surface area contributed by atoms with Crippen LogP contribution in [0.2, 0.25) is 0 Å². The molecule has 0 atom stereocenters. The van der Waals surface area contributed by atoms with E-state index in [1.54, 1.807) is 6.33 Å². The van der Waals surface area contributed by atoms with Crippen LogP contribution in [0.25, 0.3) is 10.9 Å². The number of anilines is 2. The van der Waals surface area contributed by atoms with Crippen molar-refractivity contribution in [2.24, 2.45) is 0 Å². The van der Waals surface area contributed by atoms with E-state index in [1.807, 2.05) is 24.3 Å². The van der Waals surface area contributed by atoms with E-state index >= 15 is 0 Å². The van der Waals surface area contributed by atoms with Crippen molar-refractivity contribution < 1.29 is 0 Å². The Bertz CT molecular complexity index is 787. The van der Waals surface area contributed by atoms with E-state index in [0.29, 0.717) is 0 Å². The van der Waals surface area contributed by atoms with E-state index < -0.39 is 0 Å². The maximum atomic E-state index is 4.37. The fraction of sp³-hybridized carbons (Fsp3) is 0.263. The molecule has 116 valence electrons. The Balaban J connectivity index is 1.48. The van der Waals surface area contributed by atoms with Crippen LogP contribution in [0.3, 0.4) is 0 Å². The molecular formula is C19H20N4. The van der Waals surface area contributed by atoms with Gasteiger partial charge in [-0.15, -0.1) is 0 Å². The predicted octanol–water partition coefficient (Wildman–Crippen LogP) is 3.84. The zero-order valence-corrected chi connectivity index (χ0v) is 13.1. The van der Waals surface area contributed by atoms with Crippen LogP contribution in [0, 0.1) is 0 Å². The lowest BCUT2D eigenvalue weighted by Gasteiger charge is -2.17. The summed E-state index contributed by atoms with van der Waals surface area (Å²) in [5, 5.41) is 4.49. The molecule has 0 amide bonds. The lowest BCUT2D eigenvalue weighted by Crippen LogP contribution is -2.17. The van der Waals surface area contributed by atoms with Gasteiger partial charge >= 0.3 is 0 Å². The van der Waals surface area contributed by atoms with Gasteiger partial charge in [0.15, 0.2) is 0 Å². The molecule has 2 heterocycles. The van der Waals surface area contributed by atoms with Gasteiger partial charge in [-0.3, -0.25) is 0 Å². The van der Waals surface area contributed by atoms with Gasteiger partial charge in [-0.1, -0.05) is 24.3 Å². The molecule has 2 aromatic carbocycles. The Morgan fingerprint density at radius 1 is 0.913 bits per heavy atom. The molecule has 23 heavy (non-hydrogen) atoms. The van der Waals surface area contributed by atoms with Crippen molar-refractivity contribution in [3.05, 3.63) is 60.4 Å². The number of rotatable bonds is 4. The van der Waals surface area contributed by atoms with Crippen molar-refractivity contribution in [3.8, 4) is 0 Å². The molecule has 0 bridgehead atoms. The maximum Gasteiger partial charge on any atom is 0.137 e. The fourth-order valence-electron chi connectivity index (χ4n) is 3.13. The third kappa shape index (κ3) is 2.97. The average molecular weight is 304 g/mol. The molecule has 4 rings (SSSR count). The van der Waals surface area contributed by atoms with Crippen LogP contribution < -0.4 is 10.2 Å². The first-order valence-corrected chi connectivity index (χ1v) is 8.18. The van der Waals surface area contributed by atoms with Gasteiger partial charge in [0.1, 0.15) is 12.1 Å². The van der Waals surface area contributed by atoms with E-state index in [-0.39, 0.29) is 0 Å². The van der Waals surface area contributed by atoms with E-state index in [9.17, 15) is 0 Å². The first-order valence-electron chi connectivity index (χ1n) is 8.18. The summed E-state index contributed by atoms with van der Waals surface area (Å²) >= 11 is 0. The van der Waals surface area contributed by atoms with Gasteiger partial charge in [0.05, 0.1) is 5.52 Å². The molecular weight excluding hydrogens is 284 g/mol. The van der Waals surface area contributed by atoms with Crippen LogP contribution in [0.1, 0.15) is 18.4 Å². The predicted molar refractivity (Wildman–Crippen MR) is 94.8 cm³/mol. The van der Waals surface area contributed by atoms with Gasteiger partial charge in [-0.05, 0) is 42.7 Å². The first-order chi connectivity index (χ1) is 11.4. The Labute approximate surface area is 136 Å². The van der Waals surface area contributed by atoms with E-state index in [2.05, 4.69) is 44.5 Å². The number of aromatic nitrogens is 2. The van der Waals surface area contributed by atoms with Crippen molar-refractivity contribution >= 4 is 22.4 Å². The van der Waals surface area contributed by atoms with Gasteiger partial charge in [0.2, 0.25) is 0 Å². The summed E-state index contributed by atoms with van der Waals surface area (Å²) in [6.07, 6.45) is 4.23. The minimum atomic E-state index is 0.765. The zero-order chi connectivity index (χ0) is 15.5. The summed E-state index contributed by atoms with van der Waals surface area (Å²) in [5.74, 6) is 0.888. The highest BCUT2D eigenvalue weighted by Crippen LogP contribution is 2.22. The second-order valence-electron chi connectivity index (χ2n) is 5.95. The molecule has 1 fully saturated rings. The lowest BCUT2D eigenvalue weighted by atomic mass is 10.2. The van der Waals surface area contributed by atoms with Gasteiger partial charge in [0.25, 0.3) is 0 Å². The summed E-state index contributed by atoms with van der Waals surface area (Å²) in [4.78, 5) is 11.1. The number of hydrogen-bond acceptors (Lipinski definition) is 4. The SMILES string of the molecule is c1ccc2c(NCc3ccc(N4CCCC4)cc3)ncnc2c1. The Kier molecular flexibility index (Phi) is 3.80. The van der Waals surface area contributed by atoms with Crippen LogP contribution in [0.5, 0.6) is 0 Å². The average Bonchev–Trinajstić information content (AvgIpc) is 3.15. The molecule has 4 heteroatoms. The molecule has 4 nitrogen and oxygen atoms in total. The molecule has 0 aliphatic carbocycles. The molecule has 1 N–H and O–H groups in total. The number of para-hydroxylation sites is 1. The Morgan fingerprint density at radius 2 is 1.70 bits per heavy atom. The lowest BCUT2D eigenvalue weighted by molar-refractivity contribution is 0.949. The quantitative estimate of drug-likeness (QED) is 0.795. The molecule has 0 radical (unpaired) electrons. The molecule has 1 saturated heterocycles. The van der Waals surface area contributed by atoms with Crippen molar-refractivity contribution in [2.45, 2.75) is 19.4 Å². The van der Waals surface area contributed by atoms with Gasteiger partial charge in [0, 0.05) is 30.7 Å². The first kappa shape index (κ1) is 14.0. The third-order valence-electron chi connectivity index (χ3n) is 4.41. The van der Waals surface area contributed by atoms with Crippen LogP contribution in [0.4, 0.5) is 11.5 Å². The van der Waals surface area contributed by atoms with Crippen LogP contribution >= 0.6 is 0 Å². The third-order valence-corrected chi connectivity index (χ3v) is 4.41. The molecule has 1 aliphatic heterocycles. The van der Waals surface area contributed by atoms with E-state index in [4.69, 9.17) is 0 Å². The Morgan fingerprint density at radius 3 is 2.52 bits per heavy atom. The standard InChI is InChI=1S/C19H20N4/c1-2-6-18-17(5-1)19(22-14-21-18)20-13-15-7-9-16(10-8-15)23-11-3-4-12-23/h1-2,5-10,14H,3-4,11-13H2,(H,20,21,22). The fourth-order valence-corrected chi connectivity index (χ4v) is 3.13. The normalized spacial score (nSPS) is 14.3. The largest absolute Gasteiger partial charge is 0.372 e. The topological polar surface area (TPSA) is 41.0 Å². The molecule has 1 aliphatic rings. The van der Waals surface area contributed by atoms with Crippen molar-refractivity contribution in [2.75, 3.05) is 23.3 Å². The molecule has 0 spiro atoms. The Hall–Kier alpha value is -2.62. The molecule has 1 aromatic heterocycles. The van der Waals surface area contributed by atoms with Crippen LogP contribution in [-0.2, 0) is 6.54 Å². The monoisotopic (exact) mass is 304 g/mol. The highest BCUT2D eigenvalue weighted by molar-refractivity contribution is 5.88. The minimum absolute atomic E-state index is 0.765. The smallest absolute Gasteiger partial charge is 0.137 e. The van der Waals surface area contributed by atoms with Crippen molar-refractivity contribution in [1.82, 2.24) is 9.97 Å². The van der Waals surface area contributed by atoms with Gasteiger partial charge in [-0.2, -0.15) is 0 Å². The summed E-state index contributed by atoms with van der Waals surface area (Å²) in [5.41, 5.74) is 3.56. The second-order valence-corrected chi connectivity index (χ2v) is 5.95.